The third-order valence-corrected chi connectivity index (χ3v) is 4.26. The van der Waals surface area contributed by atoms with Crippen molar-refractivity contribution in [1.82, 2.24) is 14.9 Å². The molecular weight excluding hydrogens is 310 g/mol. The minimum atomic E-state index is -0.588. The zero-order valence-corrected chi connectivity index (χ0v) is 14.0. The molecular formula is C18H20ClN3O. The molecule has 2 aromatic heterocycles. The van der Waals surface area contributed by atoms with Crippen LogP contribution in [-0.2, 0) is 0 Å². The lowest BCUT2D eigenvalue weighted by molar-refractivity contribution is 0.132. The van der Waals surface area contributed by atoms with Crippen LogP contribution >= 0.6 is 11.6 Å². The Morgan fingerprint density at radius 1 is 1.26 bits per heavy atom. The van der Waals surface area contributed by atoms with E-state index in [0.717, 1.165) is 22.2 Å². The summed E-state index contributed by atoms with van der Waals surface area (Å²) in [7, 11) is 1.83. The van der Waals surface area contributed by atoms with Crippen LogP contribution in [0.2, 0.25) is 5.15 Å². The van der Waals surface area contributed by atoms with Gasteiger partial charge in [0.2, 0.25) is 0 Å². The van der Waals surface area contributed by atoms with E-state index in [1.54, 1.807) is 0 Å². The van der Waals surface area contributed by atoms with E-state index in [0.29, 0.717) is 11.7 Å². The zero-order chi connectivity index (χ0) is 16.4. The Balaban J connectivity index is 2.17. The topological polar surface area (TPSA) is 50.1 Å². The summed E-state index contributed by atoms with van der Waals surface area (Å²) in [6.07, 6.45) is 1.38. The van der Waals surface area contributed by atoms with Gasteiger partial charge in [-0.15, -0.1) is 0 Å². The van der Waals surface area contributed by atoms with Gasteiger partial charge in [-0.1, -0.05) is 41.9 Å². The van der Waals surface area contributed by atoms with E-state index in [1.165, 1.54) is 0 Å². The van der Waals surface area contributed by atoms with E-state index in [2.05, 4.69) is 10.3 Å². The molecule has 3 rings (SSSR count). The molecule has 23 heavy (non-hydrogen) atoms. The predicted octanol–water partition coefficient (Wildman–Crippen LogP) is 3.17. The van der Waals surface area contributed by atoms with Gasteiger partial charge in [-0.25, -0.2) is 4.98 Å². The molecule has 120 valence electrons. The van der Waals surface area contributed by atoms with Crippen LogP contribution in [0.1, 0.15) is 17.3 Å². The van der Waals surface area contributed by atoms with Crippen LogP contribution in [0, 0.1) is 6.92 Å². The van der Waals surface area contributed by atoms with Crippen LogP contribution in [-0.4, -0.2) is 34.4 Å². The maximum absolute atomic E-state index is 10.7. The first-order valence-corrected chi connectivity index (χ1v) is 8.01. The van der Waals surface area contributed by atoms with Crippen molar-refractivity contribution in [1.29, 1.82) is 0 Å². The molecule has 2 atom stereocenters. The first-order chi connectivity index (χ1) is 11.1. The normalized spacial score (nSPS) is 14.1. The van der Waals surface area contributed by atoms with E-state index in [1.807, 2.05) is 67.2 Å². The Labute approximate surface area is 140 Å². The van der Waals surface area contributed by atoms with Crippen molar-refractivity contribution in [2.75, 3.05) is 13.6 Å². The number of hydrogen-bond acceptors (Lipinski definition) is 3. The average Bonchev–Trinajstić information content (AvgIpc) is 2.93. The maximum atomic E-state index is 10.7. The van der Waals surface area contributed by atoms with E-state index in [9.17, 15) is 5.11 Å². The molecule has 2 unspecified atom stereocenters. The highest BCUT2D eigenvalue weighted by Gasteiger charge is 2.24. The number of benzene rings is 1. The summed E-state index contributed by atoms with van der Waals surface area (Å²) < 4.78 is 2.02. The summed E-state index contributed by atoms with van der Waals surface area (Å²) in [4.78, 5) is 4.36. The van der Waals surface area contributed by atoms with Crippen molar-refractivity contribution in [3.8, 4) is 0 Å². The molecule has 5 heteroatoms. The second kappa shape index (κ2) is 6.71. The number of aryl methyl sites for hydroxylation is 1. The molecule has 3 aromatic rings. The Hall–Kier alpha value is -1.88. The van der Waals surface area contributed by atoms with E-state index < -0.39 is 6.10 Å². The second-order valence-electron chi connectivity index (χ2n) is 5.70. The van der Waals surface area contributed by atoms with Gasteiger partial charge >= 0.3 is 0 Å². The van der Waals surface area contributed by atoms with Gasteiger partial charge < -0.3 is 15.0 Å². The van der Waals surface area contributed by atoms with Crippen LogP contribution < -0.4 is 5.32 Å². The largest absolute Gasteiger partial charge is 0.389 e. The number of aromatic nitrogens is 2. The molecule has 2 heterocycles. The molecule has 0 spiro atoms. The van der Waals surface area contributed by atoms with Crippen molar-refractivity contribution >= 4 is 22.5 Å². The Bertz CT molecular complexity index is 801. The molecule has 0 aliphatic heterocycles. The molecule has 0 aliphatic carbocycles. The fraction of sp³-hybridized carbons (Fsp3) is 0.278. The molecule has 0 amide bonds. The SMILES string of the molecule is CNCC(O)C(c1ccccc1)n1ccc2cc(C)nc(Cl)c21. The van der Waals surface area contributed by atoms with Gasteiger partial charge in [0, 0.05) is 23.8 Å². The molecule has 0 saturated carbocycles. The number of aliphatic hydroxyl groups is 1. The standard InChI is InChI=1S/C18H20ClN3O/c1-12-10-14-8-9-22(17(14)18(19)21-12)16(15(23)11-20-2)13-6-4-3-5-7-13/h3-10,15-16,20,23H,11H2,1-2H3. The molecule has 0 bridgehead atoms. The Kier molecular flexibility index (Phi) is 4.66. The van der Waals surface area contributed by atoms with Crippen LogP contribution in [0.3, 0.4) is 0 Å². The van der Waals surface area contributed by atoms with Crippen LogP contribution in [0.25, 0.3) is 10.9 Å². The highest BCUT2D eigenvalue weighted by Crippen LogP contribution is 2.31. The molecule has 4 nitrogen and oxygen atoms in total. The van der Waals surface area contributed by atoms with E-state index in [4.69, 9.17) is 11.6 Å². The highest BCUT2D eigenvalue weighted by molar-refractivity contribution is 6.33. The smallest absolute Gasteiger partial charge is 0.153 e. The van der Waals surface area contributed by atoms with E-state index >= 15 is 0 Å². The number of nitrogens with zero attached hydrogens (tertiary/aromatic N) is 2. The number of halogens is 1. The fourth-order valence-corrected chi connectivity index (χ4v) is 3.38. The number of aliphatic hydroxyl groups excluding tert-OH is 1. The summed E-state index contributed by atoms with van der Waals surface area (Å²) in [6, 6.07) is 13.7. The fourth-order valence-electron chi connectivity index (χ4n) is 3.04. The molecule has 0 fully saturated rings. The lowest BCUT2D eigenvalue weighted by Crippen LogP contribution is -2.33. The maximum Gasteiger partial charge on any atom is 0.153 e. The van der Waals surface area contributed by atoms with Crippen molar-refractivity contribution in [2.45, 2.75) is 19.1 Å². The lowest BCUT2D eigenvalue weighted by atomic mass is 10.0. The van der Waals surface area contributed by atoms with Crippen LogP contribution in [0.5, 0.6) is 0 Å². The van der Waals surface area contributed by atoms with E-state index in [-0.39, 0.29) is 6.04 Å². The number of nitrogens with one attached hydrogen (secondary N) is 1. The quantitative estimate of drug-likeness (QED) is 0.707. The molecule has 0 saturated heterocycles. The third-order valence-electron chi connectivity index (χ3n) is 4.00. The molecule has 2 N–H and O–H groups in total. The van der Waals surface area contributed by atoms with Gasteiger partial charge in [-0.2, -0.15) is 0 Å². The number of fused-ring (bicyclic) bond motifs is 1. The Morgan fingerprint density at radius 2 is 2.00 bits per heavy atom. The van der Waals surface area contributed by atoms with Gasteiger partial charge in [-0.3, -0.25) is 0 Å². The van der Waals surface area contributed by atoms with Gasteiger partial charge in [0.05, 0.1) is 17.7 Å². The molecule has 0 aliphatic rings. The minimum absolute atomic E-state index is 0.233. The van der Waals surface area contributed by atoms with Crippen molar-refractivity contribution in [3.05, 3.63) is 65.1 Å². The summed E-state index contributed by atoms with van der Waals surface area (Å²) in [5.41, 5.74) is 2.76. The summed E-state index contributed by atoms with van der Waals surface area (Å²) in [5.74, 6) is 0. The summed E-state index contributed by atoms with van der Waals surface area (Å²) in [6.45, 7) is 2.41. The van der Waals surface area contributed by atoms with Crippen molar-refractivity contribution in [3.63, 3.8) is 0 Å². The monoisotopic (exact) mass is 329 g/mol. The first kappa shape index (κ1) is 16.0. The van der Waals surface area contributed by atoms with Gasteiger partial charge in [0.15, 0.2) is 5.15 Å². The van der Waals surface area contributed by atoms with Gasteiger partial charge in [0.1, 0.15) is 0 Å². The number of likely N-dealkylation sites (N-methyl/N-ethyl adjacent to an activating group) is 1. The number of hydrogen-bond donors (Lipinski definition) is 2. The first-order valence-electron chi connectivity index (χ1n) is 7.63. The number of rotatable bonds is 5. The second-order valence-corrected chi connectivity index (χ2v) is 6.05. The average molecular weight is 330 g/mol. The predicted molar refractivity (Wildman–Crippen MR) is 94.0 cm³/mol. The molecule has 1 aromatic carbocycles. The summed E-state index contributed by atoms with van der Waals surface area (Å²) in [5, 5.41) is 15.2. The Morgan fingerprint density at radius 3 is 2.70 bits per heavy atom. The summed E-state index contributed by atoms with van der Waals surface area (Å²) >= 11 is 6.39. The van der Waals surface area contributed by atoms with Crippen LogP contribution in [0.4, 0.5) is 0 Å². The molecule has 0 radical (unpaired) electrons. The zero-order valence-electron chi connectivity index (χ0n) is 13.2. The van der Waals surface area contributed by atoms with Gasteiger partial charge in [-0.05, 0) is 31.7 Å². The van der Waals surface area contributed by atoms with Crippen molar-refractivity contribution < 1.29 is 5.11 Å². The highest BCUT2D eigenvalue weighted by atomic mass is 35.5. The van der Waals surface area contributed by atoms with Crippen LogP contribution in [0.15, 0.2) is 48.7 Å². The minimum Gasteiger partial charge on any atom is -0.389 e. The van der Waals surface area contributed by atoms with Crippen molar-refractivity contribution in [2.24, 2.45) is 0 Å². The number of pyridine rings is 1. The lowest BCUT2D eigenvalue weighted by Gasteiger charge is -2.26. The van der Waals surface area contributed by atoms with Gasteiger partial charge in [0.25, 0.3) is 0 Å². The third kappa shape index (κ3) is 3.11.